The van der Waals surface area contributed by atoms with Crippen LogP contribution < -0.4 is 0 Å². The number of aliphatic hydroxyl groups is 3. The highest BCUT2D eigenvalue weighted by Gasteiger charge is 2.66. The van der Waals surface area contributed by atoms with Crippen LogP contribution in [0.3, 0.4) is 0 Å². The molecule has 0 aromatic heterocycles. The van der Waals surface area contributed by atoms with Crippen LogP contribution in [-0.4, -0.2) is 38.9 Å². The molecule has 3 N–H and O–H groups in total. The van der Waals surface area contributed by atoms with Crippen molar-refractivity contribution in [1.82, 2.24) is 0 Å². The summed E-state index contributed by atoms with van der Waals surface area (Å²) < 4.78 is 0. The molecule has 0 aromatic rings. The fraction of sp³-hybridized carbons (Fsp3) is 0.850. The maximum atomic E-state index is 11.9. The number of fused-ring (bicyclic) bond motifs is 5. The lowest BCUT2D eigenvalue weighted by atomic mass is 9.45. The number of aliphatic hydroxyl groups excluding tert-OH is 2. The minimum atomic E-state index is -0.756. The molecule has 4 heteroatoms. The summed E-state index contributed by atoms with van der Waals surface area (Å²) in [7, 11) is 0. The first-order valence-electron chi connectivity index (χ1n) is 9.43. The van der Waals surface area contributed by atoms with E-state index in [4.69, 9.17) is 0 Å². The number of rotatable bonds is 0. The van der Waals surface area contributed by atoms with Gasteiger partial charge in [0.2, 0.25) is 0 Å². The molecule has 0 saturated heterocycles. The summed E-state index contributed by atoms with van der Waals surface area (Å²) in [4.78, 5) is 11.9. The smallest absolute Gasteiger partial charge is 0.155 e. The Morgan fingerprint density at radius 2 is 1.88 bits per heavy atom. The molecule has 4 aliphatic carbocycles. The fourth-order valence-corrected chi connectivity index (χ4v) is 6.96. The van der Waals surface area contributed by atoms with E-state index >= 15 is 0 Å². The number of hydrogen-bond donors (Lipinski definition) is 3. The molecule has 4 aliphatic rings. The van der Waals surface area contributed by atoms with Gasteiger partial charge in [-0.2, -0.15) is 0 Å². The molecule has 3 saturated carbocycles. The molecule has 0 unspecified atom stereocenters. The first-order valence-corrected chi connectivity index (χ1v) is 9.43. The summed E-state index contributed by atoms with van der Waals surface area (Å²) in [5, 5.41) is 32.8. The number of hydrogen-bond acceptors (Lipinski definition) is 4. The van der Waals surface area contributed by atoms with E-state index < -0.39 is 17.8 Å². The van der Waals surface area contributed by atoms with Gasteiger partial charge in [-0.25, -0.2) is 0 Å². The Hall–Kier alpha value is -0.710. The highest BCUT2D eigenvalue weighted by molar-refractivity contribution is 5.91. The van der Waals surface area contributed by atoms with Gasteiger partial charge >= 0.3 is 0 Å². The lowest BCUT2D eigenvalue weighted by Crippen LogP contribution is -2.61. The zero-order valence-electron chi connectivity index (χ0n) is 15.0. The summed E-state index contributed by atoms with van der Waals surface area (Å²) in [5.74, 6) is 0.704. The molecule has 0 radical (unpaired) electrons. The Bertz CT molecular complexity index is 609. The van der Waals surface area contributed by atoms with Gasteiger partial charge in [-0.1, -0.05) is 13.8 Å². The third kappa shape index (κ3) is 1.94. The second-order valence-corrected chi connectivity index (χ2v) is 9.53. The average molecular weight is 334 g/mol. The summed E-state index contributed by atoms with van der Waals surface area (Å²) in [6.45, 7) is 6.16. The van der Waals surface area contributed by atoms with E-state index in [9.17, 15) is 20.1 Å². The van der Waals surface area contributed by atoms with Crippen molar-refractivity contribution in [2.24, 2.45) is 28.6 Å². The Morgan fingerprint density at radius 3 is 2.58 bits per heavy atom. The maximum Gasteiger partial charge on any atom is 0.155 e. The van der Waals surface area contributed by atoms with Crippen LogP contribution in [0.25, 0.3) is 0 Å². The van der Waals surface area contributed by atoms with Crippen LogP contribution in [0.5, 0.6) is 0 Å². The van der Waals surface area contributed by atoms with Crippen molar-refractivity contribution in [2.45, 2.75) is 77.1 Å². The highest BCUT2D eigenvalue weighted by Crippen LogP contribution is 2.67. The minimum absolute atomic E-state index is 0.0761. The highest BCUT2D eigenvalue weighted by atomic mass is 16.3. The van der Waals surface area contributed by atoms with E-state index in [1.165, 1.54) is 0 Å². The number of ketones is 1. The van der Waals surface area contributed by atoms with Crippen molar-refractivity contribution in [3.8, 4) is 0 Å². The molecule has 24 heavy (non-hydrogen) atoms. The van der Waals surface area contributed by atoms with Crippen molar-refractivity contribution in [1.29, 1.82) is 0 Å². The van der Waals surface area contributed by atoms with Gasteiger partial charge in [0.1, 0.15) is 0 Å². The van der Waals surface area contributed by atoms with Crippen molar-refractivity contribution < 1.29 is 20.1 Å². The van der Waals surface area contributed by atoms with Crippen LogP contribution in [0.15, 0.2) is 11.6 Å². The van der Waals surface area contributed by atoms with Crippen LogP contribution >= 0.6 is 0 Å². The molecule has 8 atom stereocenters. The van der Waals surface area contributed by atoms with Crippen LogP contribution in [-0.2, 0) is 4.79 Å². The van der Waals surface area contributed by atoms with Gasteiger partial charge in [0.05, 0.1) is 17.8 Å². The zero-order valence-corrected chi connectivity index (χ0v) is 15.0. The number of carbonyl (C=O) groups is 1. The Kier molecular flexibility index (Phi) is 3.44. The Balaban J connectivity index is 1.79. The molecular formula is C20H30O4. The normalized spacial score (nSPS) is 57.0. The van der Waals surface area contributed by atoms with Gasteiger partial charge in [-0.05, 0) is 73.8 Å². The Morgan fingerprint density at radius 1 is 1.17 bits per heavy atom. The molecule has 0 heterocycles. The average Bonchev–Trinajstić information content (AvgIpc) is 2.71. The standard InChI is InChI=1S/C20H30O4/c1-18-6-4-11(21)8-14(18)15(22)9-12-13-5-7-20(3,24)19(13,2)10-16(23)17(12)18/h8,12-13,15-17,22-24H,4-7,9-10H2,1-3H3/t12-,13-,15+,16+,17+,18-,19-,20-/m0/s1. The van der Waals surface area contributed by atoms with Crippen LogP contribution in [0.1, 0.15) is 59.3 Å². The molecule has 0 amide bonds. The van der Waals surface area contributed by atoms with E-state index in [2.05, 4.69) is 13.8 Å². The predicted molar refractivity (Wildman–Crippen MR) is 90.1 cm³/mol. The molecule has 3 fully saturated rings. The van der Waals surface area contributed by atoms with E-state index in [1.807, 2.05) is 6.92 Å². The second kappa shape index (κ2) is 4.93. The lowest BCUT2D eigenvalue weighted by Gasteiger charge is -2.61. The molecule has 4 rings (SSSR count). The maximum absolute atomic E-state index is 11.9. The van der Waals surface area contributed by atoms with E-state index in [0.29, 0.717) is 31.6 Å². The van der Waals surface area contributed by atoms with Gasteiger partial charge in [0, 0.05) is 11.8 Å². The fourth-order valence-electron chi connectivity index (χ4n) is 6.96. The Labute approximate surface area is 144 Å². The molecule has 4 nitrogen and oxygen atoms in total. The second-order valence-electron chi connectivity index (χ2n) is 9.53. The molecule has 134 valence electrons. The van der Waals surface area contributed by atoms with Crippen molar-refractivity contribution in [2.75, 3.05) is 0 Å². The monoisotopic (exact) mass is 334 g/mol. The van der Waals surface area contributed by atoms with E-state index in [0.717, 1.165) is 18.4 Å². The van der Waals surface area contributed by atoms with Gasteiger partial charge in [0.15, 0.2) is 5.78 Å². The molecule has 0 spiro atoms. The van der Waals surface area contributed by atoms with Gasteiger partial charge < -0.3 is 15.3 Å². The topological polar surface area (TPSA) is 77.8 Å². The first-order chi connectivity index (χ1) is 11.1. The summed E-state index contributed by atoms with van der Waals surface area (Å²) in [6.07, 6.45) is 4.71. The summed E-state index contributed by atoms with van der Waals surface area (Å²) in [6, 6.07) is 0. The third-order valence-electron chi connectivity index (χ3n) is 8.47. The lowest BCUT2D eigenvalue weighted by molar-refractivity contribution is -0.175. The molecular weight excluding hydrogens is 304 g/mol. The largest absolute Gasteiger partial charge is 0.393 e. The van der Waals surface area contributed by atoms with Gasteiger partial charge in [-0.3, -0.25) is 4.79 Å². The summed E-state index contributed by atoms with van der Waals surface area (Å²) >= 11 is 0. The zero-order chi connectivity index (χ0) is 17.5. The number of carbonyl (C=O) groups excluding carboxylic acids is 1. The molecule has 0 bridgehead atoms. The van der Waals surface area contributed by atoms with Crippen LogP contribution in [0.2, 0.25) is 0 Å². The molecule has 0 aromatic carbocycles. The molecule has 0 aliphatic heterocycles. The quantitative estimate of drug-likeness (QED) is 0.635. The van der Waals surface area contributed by atoms with Crippen molar-refractivity contribution in [3.05, 3.63) is 11.6 Å². The first kappa shape index (κ1) is 16.7. The SMILES string of the molecule is C[C@]12CCC(=O)C=C1[C@H](O)C[C@@H]1[C@@H]2[C@H](O)C[C@@]2(C)[C@H]1CC[C@]2(C)O. The third-order valence-corrected chi connectivity index (χ3v) is 8.47. The van der Waals surface area contributed by atoms with Gasteiger partial charge in [0.25, 0.3) is 0 Å². The minimum Gasteiger partial charge on any atom is -0.393 e. The van der Waals surface area contributed by atoms with Gasteiger partial charge in [-0.15, -0.1) is 0 Å². The van der Waals surface area contributed by atoms with Crippen LogP contribution in [0, 0.1) is 28.6 Å². The van der Waals surface area contributed by atoms with E-state index in [1.54, 1.807) is 6.08 Å². The predicted octanol–water partition coefficient (Wildman–Crippen LogP) is 2.21. The summed E-state index contributed by atoms with van der Waals surface area (Å²) in [5.41, 5.74) is -0.512. The van der Waals surface area contributed by atoms with Crippen molar-refractivity contribution >= 4 is 5.78 Å². The van der Waals surface area contributed by atoms with Crippen LogP contribution in [0.4, 0.5) is 0 Å². The van der Waals surface area contributed by atoms with Crippen molar-refractivity contribution in [3.63, 3.8) is 0 Å². The van der Waals surface area contributed by atoms with E-state index in [-0.39, 0.29) is 28.4 Å².